The summed E-state index contributed by atoms with van der Waals surface area (Å²) in [6, 6.07) is 6.67. The molecule has 0 atom stereocenters. The van der Waals surface area contributed by atoms with Crippen molar-refractivity contribution in [3.05, 3.63) is 107 Å². The average Bonchev–Trinajstić information content (AvgIpc) is 2.90. The minimum absolute atomic E-state index is 0.770. The van der Waals surface area contributed by atoms with Crippen LogP contribution in [-0.2, 0) is 6.42 Å². The Morgan fingerprint density at radius 1 is 1.03 bits per heavy atom. The van der Waals surface area contributed by atoms with Gasteiger partial charge in [0, 0.05) is 28.7 Å². The lowest BCUT2D eigenvalue weighted by Gasteiger charge is -2.12. The molecule has 1 aromatic carbocycles. The van der Waals surface area contributed by atoms with Crippen LogP contribution in [0.2, 0.25) is 0 Å². The molecule has 2 aliphatic rings. The maximum Gasteiger partial charge on any atom is 0.160 e. The van der Waals surface area contributed by atoms with Crippen LogP contribution in [0.1, 0.15) is 48.5 Å². The van der Waals surface area contributed by atoms with Gasteiger partial charge in [0.15, 0.2) is 5.82 Å². The molecule has 0 N–H and O–H groups in total. The molecule has 29 heavy (non-hydrogen) atoms. The molecule has 0 unspecified atom stereocenters. The van der Waals surface area contributed by atoms with Gasteiger partial charge in [-0.05, 0) is 38.8 Å². The van der Waals surface area contributed by atoms with Gasteiger partial charge in [-0.15, -0.1) is 0 Å². The van der Waals surface area contributed by atoms with Gasteiger partial charge >= 0.3 is 0 Å². The van der Waals surface area contributed by atoms with Gasteiger partial charge in [0.05, 0.1) is 11.4 Å². The van der Waals surface area contributed by atoms with Crippen molar-refractivity contribution in [3.8, 4) is 11.3 Å². The van der Waals surface area contributed by atoms with Crippen LogP contribution in [0.5, 0.6) is 0 Å². The first kappa shape index (κ1) is 19.1. The molecule has 0 amide bonds. The van der Waals surface area contributed by atoms with E-state index in [-0.39, 0.29) is 0 Å². The Hall–Kier alpha value is -3.26. The molecule has 2 aromatic rings. The maximum absolute atomic E-state index is 5.07. The summed E-state index contributed by atoms with van der Waals surface area (Å²) in [4.78, 5) is 10.1. The van der Waals surface area contributed by atoms with E-state index in [0.717, 1.165) is 41.2 Å². The fourth-order valence-electron chi connectivity index (χ4n) is 3.82. The van der Waals surface area contributed by atoms with Crippen molar-refractivity contribution in [3.63, 3.8) is 0 Å². The topological polar surface area (TPSA) is 25.8 Å². The third-order valence-electron chi connectivity index (χ3n) is 5.22. The summed E-state index contributed by atoms with van der Waals surface area (Å²) in [7, 11) is 0. The second kappa shape index (κ2) is 8.40. The molecule has 1 aromatic heterocycles. The highest BCUT2D eigenvalue weighted by Gasteiger charge is 2.26. The molecular formula is C27H26N2. The van der Waals surface area contributed by atoms with Gasteiger partial charge in [-0.25, -0.2) is 9.97 Å². The number of allylic oxidation sites excluding steroid dienone is 12. The fraction of sp³-hybridized carbons (Fsp3) is 0.185. The van der Waals surface area contributed by atoms with E-state index in [1.807, 2.05) is 32.1 Å². The van der Waals surface area contributed by atoms with Crippen LogP contribution >= 0.6 is 0 Å². The molecule has 0 aliphatic heterocycles. The number of hydrogen-bond acceptors (Lipinski definition) is 2. The predicted molar refractivity (Wildman–Crippen MR) is 123 cm³/mol. The van der Waals surface area contributed by atoms with Crippen LogP contribution in [0, 0.1) is 6.92 Å². The Morgan fingerprint density at radius 3 is 2.72 bits per heavy atom. The van der Waals surface area contributed by atoms with Crippen molar-refractivity contribution in [1.82, 2.24) is 9.97 Å². The zero-order valence-electron chi connectivity index (χ0n) is 17.3. The highest BCUT2D eigenvalue weighted by Crippen LogP contribution is 2.40. The van der Waals surface area contributed by atoms with E-state index in [1.165, 1.54) is 22.3 Å². The molecule has 0 radical (unpaired) electrons. The average molecular weight is 379 g/mol. The third kappa shape index (κ3) is 3.84. The predicted octanol–water partition coefficient (Wildman–Crippen LogP) is 6.79. The lowest BCUT2D eigenvalue weighted by molar-refractivity contribution is 1.07. The largest absolute Gasteiger partial charge is 0.228 e. The summed E-state index contributed by atoms with van der Waals surface area (Å²) in [5.74, 6) is 0.770. The summed E-state index contributed by atoms with van der Waals surface area (Å²) >= 11 is 0. The standard InChI is InChI=1S/C27H26N2/c1-4-6-12-21(11-5-2)27-28-25(20-13-9-7-8-10-14-20)24-18-22-16-15-19(3)17-23(22)26(24)29-27/h4-7,9-17H,8,18H2,1-3H3/b6-4-,11-5-,21-12+. The molecule has 0 spiro atoms. The first-order valence-corrected chi connectivity index (χ1v) is 10.2. The van der Waals surface area contributed by atoms with E-state index >= 15 is 0 Å². The molecule has 0 fully saturated rings. The van der Waals surface area contributed by atoms with Crippen LogP contribution in [0.4, 0.5) is 0 Å². The highest BCUT2D eigenvalue weighted by molar-refractivity contribution is 5.85. The van der Waals surface area contributed by atoms with Crippen molar-refractivity contribution >= 4 is 11.1 Å². The van der Waals surface area contributed by atoms with Crippen LogP contribution in [0.25, 0.3) is 22.4 Å². The van der Waals surface area contributed by atoms with Gasteiger partial charge < -0.3 is 0 Å². The maximum atomic E-state index is 5.07. The monoisotopic (exact) mass is 378 g/mol. The Labute approximate surface area is 173 Å². The van der Waals surface area contributed by atoms with E-state index < -0.39 is 0 Å². The third-order valence-corrected chi connectivity index (χ3v) is 5.22. The van der Waals surface area contributed by atoms with Crippen molar-refractivity contribution in [2.45, 2.75) is 33.6 Å². The second-order valence-corrected chi connectivity index (χ2v) is 7.40. The Balaban J connectivity index is 1.98. The van der Waals surface area contributed by atoms with Crippen LogP contribution < -0.4 is 0 Å². The van der Waals surface area contributed by atoms with Crippen LogP contribution in [0.3, 0.4) is 0 Å². The summed E-state index contributed by atoms with van der Waals surface area (Å²) in [6.45, 7) is 6.18. The van der Waals surface area contributed by atoms with Crippen molar-refractivity contribution in [1.29, 1.82) is 0 Å². The van der Waals surface area contributed by atoms with E-state index in [4.69, 9.17) is 9.97 Å². The smallest absolute Gasteiger partial charge is 0.160 e. The number of rotatable bonds is 4. The molecule has 4 rings (SSSR count). The van der Waals surface area contributed by atoms with E-state index in [2.05, 4.69) is 67.7 Å². The number of fused-ring (bicyclic) bond motifs is 3. The minimum Gasteiger partial charge on any atom is -0.228 e. The fourth-order valence-corrected chi connectivity index (χ4v) is 3.82. The minimum atomic E-state index is 0.770. The summed E-state index contributed by atoms with van der Waals surface area (Å²) in [5.41, 5.74) is 9.33. The first-order valence-electron chi connectivity index (χ1n) is 10.2. The Morgan fingerprint density at radius 2 is 1.90 bits per heavy atom. The van der Waals surface area contributed by atoms with E-state index in [0.29, 0.717) is 0 Å². The number of nitrogens with zero attached hydrogens (tertiary/aromatic N) is 2. The van der Waals surface area contributed by atoms with Gasteiger partial charge in [-0.2, -0.15) is 0 Å². The van der Waals surface area contributed by atoms with E-state index in [9.17, 15) is 0 Å². The summed E-state index contributed by atoms with van der Waals surface area (Å²) in [6.07, 6.45) is 22.9. The number of hydrogen-bond donors (Lipinski definition) is 0. The van der Waals surface area contributed by atoms with Crippen molar-refractivity contribution in [2.24, 2.45) is 0 Å². The molecule has 2 aliphatic carbocycles. The summed E-state index contributed by atoms with van der Waals surface area (Å²) in [5, 5.41) is 0. The molecule has 2 nitrogen and oxygen atoms in total. The quantitative estimate of drug-likeness (QED) is 0.467. The number of aryl methyl sites for hydroxylation is 1. The van der Waals surface area contributed by atoms with Crippen LogP contribution in [-0.4, -0.2) is 9.97 Å². The normalized spacial score (nSPS) is 15.7. The van der Waals surface area contributed by atoms with Gasteiger partial charge in [-0.1, -0.05) is 78.5 Å². The molecule has 0 saturated heterocycles. The van der Waals surface area contributed by atoms with Gasteiger partial charge in [-0.3, -0.25) is 0 Å². The number of benzene rings is 1. The van der Waals surface area contributed by atoms with Gasteiger partial charge in [0.2, 0.25) is 0 Å². The Bertz CT molecular complexity index is 1120. The lowest BCUT2D eigenvalue weighted by Crippen LogP contribution is -2.03. The van der Waals surface area contributed by atoms with E-state index in [1.54, 1.807) is 0 Å². The molecular weight excluding hydrogens is 352 g/mol. The number of aromatic nitrogens is 2. The first-order chi connectivity index (χ1) is 14.2. The molecule has 1 heterocycles. The SMILES string of the molecule is C\C=C/C=C(\C=C/C)c1nc(C2=CC=CCC=C2)c2c(n1)-c1cc(C)ccc1C2. The van der Waals surface area contributed by atoms with Gasteiger partial charge in [0.25, 0.3) is 0 Å². The molecule has 0 saturated carbocycles. The molecule has 2 heteroatoms. The zero-order chi connectivity index (χ0) is 20.2. The Kier molecular flexibility index (Phi) is 5.53. The van der Waals surface area contributed by atoms with Crippen LogP contribution in [0.15, 0.2) is 79.0 Å². The summed E-state index contributed by atoms with van der Waals surface area (Å²) < 4.78 is 0. The van der Waals surface area contributed by atoms with Crippen molar-refractivity contribution in [2.75, 3.05) is 0 Å². The van der Waals surface area contributed by atoms with Gasteiger partial charge in [0.1, 0.15) is 0 Å². The van der Waals surface area contributed by atoms with Crippen molar-refractivity contribution < 1.29 is 0 Å². The second-order valence-electron chi connectivity index (χ2n) is 7.40. The molecule has 0 bridgehead atoms. The molecule has 144 valence electrons. The lowest BCUT2D eigenvalue weighted by atomic mass is 10.0. The zero-order valence-corrected chi connectivity index (χ0v) is 17.3. The highest BCUT2D eigenvalue weighted by atomic mass is 14.9.